The normalized spacial score (nSPS) is 23.4. The van der Waals surface area contributed by atoms with Crippen molar-refractivity contribution in [2.24, 2.45) is 5.92 Å². The molecule has 2 unspecified atom stereocenters. The van der Waals surface area contributed by atoms with Gasteiger partial charge in [0.05, 0.1) is 5.92 Å². The van der Waals surface area contributed by atoms with Crippen LogP contribution >= 0.6 is 15.9 Å². The number of carbonyl (C=O) groups excluding carboxylic acids is 1. The molecule has 0 radical (unpaired) electrons. The minimum atomic E-state index is -4.18. The third-order valence-electron chi connectivity index (χ3n) is 3.42. The average Bonchev–Trinajstić information content (AvgIpc) is 2.38. The number of nitrogens with zero attached hydrogens (tertiary/aromatic N) is 1. The molecule has 7 heteroatoms. The number of alkyl halides is 3. The molecule has 1 saturated carbocycles. The van der Waals surface area contributed by atoms with Gasteiger partial charge in [0.2, 0.25) is 0 Å². The Kier molecular flexibility index (Phi) is 4.67. The fourth-order valence-electron chi connectivity index (χ4n) is 2.41. The van der Waals surface area contributed by atoms with Gasteiger partial charge in [-0.05, 0) is 47.3 Å². The first-order valence-electron chi connectivity index (χ1n) is 6.36. The maximum Gasteiger partial charge on any atom is 0.391 e. The molecule has 1 amide bonds. The van der Waals surface area contributed by atoms with Crippen molar-refractivity contribution in [1.82, 2.24) is 10.3 Å². The number of carbonyl (C=O) groups is 1. The van der Waals surface area contributed by atoms with E-state index in [0.717, 1.165) is 0 Å². The Bertz CT molecular complexity index is 493. The van der Waals surface area contributed by atoms with Gasteiger partial charge >= 0.3 is 6.18 Å². The Balaban J connectivity index is 1.98. The van der Waals surface area contributed by atoms with Gasteiger partial charge in [-0.2, -0.15) is 13.2 Å². The van der Waals surface area contributed by atoms with Crippen LogP contribution < -0.4 is 5.32 Å². The summed E-state index contributed by atoms with van der Waals surface area (Å²) in [6.45, 7) is 0. The summed E-state index contributed by atoms with van der Waals surface area (Å²) in [5.41, 5.74) is 0.202. The van der Waals surface area contributed by atoms with Crippen molar-refractivity contribution in [3.63, 3.8) is 0 Å². The number of amides is 1. The van der Waals surface area contributed by atoms with Gasteiger partial charge in [0.1, 0.15) is 10.3 Å². The zero-order valence-corrected chi connectivity index (χ0v) is 12.2. The predicted octanol–water partition coefficient (Wildman–Crippen LogP) is 3.70. The highest BCUT2D eigenvalue weighted by molar-refractivity contribution is 9.10. The van der Waals surface area contributed by atoms with Gasteiger partial charge in [0, 0.05) is 6.04 Å². The first-order valence-corrected chi connectivity index (χ1v) is 7.15. The smallest absolute Gasteiger partial charge is 0.348 e. The first kappa shape index (κ1) is 15.3. The number of nitrogens with one attached hydrogen (secondary N) is 1. The summed E-state index contributed by atoms with van der Waals surface area (Å²) in [5.74, 6) is -1.75. The Morgan fingerprint density at radius 1 is 1.35 bits per heavy atom. The molecule has 2 rings (SSSR count). The van der Waals surface area contributed by atoms with Crippen LogP contribution in [0.25, 0.3) is 0 Å². The van der Waals surface area contributed by atoms with Gasteiger partial charge < -0.3 is 5.32 Å². The zero-order chi connectivity index (χ0) is 14.8. The highest BCUT2D eigenvalue weighted by Crippen LogP contribution is 2.37. The largest absolute Gasteiger partial charge is 0.391 e. The monoisotopic (exact) mass is 350 g/mol. The van der Waals surface area contributed by atoms with Crippen molar-refractivity contribution >= 4 is 21.8 Å². The fourth-order valence-corrected chi connectivity index (χ4v) is 2.76. The van der Waals surface area contributed by atoms with Crippen molar-refractivity contribution in [2.75, 3.05) is 0 Å². The lowest BCUT2D eigenvalue weighted by Gasteiger charge is -2.30. The highest BCUT2D eigenvalue weighted by atomic mass is 79.9. The quantitative estimate of drug-likeness (QED) is 0.826. The van der Waals surface area contributed by atoms with Crippen molar-refractivity contribution in [2.45, 2.75) is 37.9 Å². The maximum absolute atomic E-state index is 12.7. The van der Waals surface area contributed by atoms with Crippen LogP contribution in [0.3, 0.4) is 0 Å². The van der Waals surface area contributed by atoms with E-state index in [1.807, 2.05) is 0 Å². The number of halogens is 4. The van der Waals surface area contributed by atoms with E-state index >= 15 is 0 Å². The van der Waals surface area contributed by atoms with Crippen LogP contribution in [0.1, 0.15) is 36.2 Å². The molecule has 1 heterocycles. The standard InChI is InChI=1S/C13H14BrF3N2O/c14-11-6-2-5-10(19-11)12(20)18-9-4-1-3-8(7-9)13(15,16)17/h2,5-6,8-9H,1,3-4,7H2,(H,18,20). The minimum Gasteiger partial charge on any atom is -0.348 e. The van der Waals surface area contributed by atoms with Crippen LogP contribution in [0.4, 0.5) is 13.2 Å². The molecule has 1 aromatic heterocycles. The van der Waals surface area contributed by atoms with E-state index in [4.69, 9.17) is 0 Å². The molecule has 20 heavy (non-hydrogen) atoms. The van der Waals surface area contributed by atoms with Crippen molar-refractivity contribution in [1.29, 1.82) is 0 Å². The lowest BCUT2D eigenvalue weighted by atomic mass is 9.85. The van der Waals surface area contributed by atoms with E-state index in [9.17, 15) is 18.0 Å². The average molecular weight is 351 g/mol. The summed E-state index contributed by atoms with van der Waals surface area (Å²) >= 11 is 3.15. The summed E-state index contributed by atoms with van der Waals surface area (Å²) in [6, 6.07) is 4.43. The van der Waals surface area contributed by atoms with Gasteiger partial charge in [-0.1, -0.05) is 12.5 Å². The lowest BCUT2D eigenvalue weighted by Crippen LogP contribution is -2.41. The molecular weight excluding hydrogens is 337 g/mol. The van der Waals surface area contributed by atoms with E-state index in [2.05, 4.69) is 26.2 Å². The van der Waals surface area contributed by atoms with E-state index in [-0.39, 0.29) is 18.5 Å². The van der Waals surface area contributed by atoms with Crippen LogP contribution in [0, 0.1) is 5.92 Å². The Morgan fingerprint density at radius 3 is 2.75 bits per heavy atom. The molecule has 1 aliphatic carbocycles. The topological polar surface area (TPSA) is 42.0 Å². The zero-order valence-electron chi connectivity index (χ0n) is 10.6. The molecule has 110 valence electrons. The van der Waals surface area contributed by atoms with E-state index in [1.54, 1.807) is 12.1 Å². The number of rotatable bonds is 2. The molecule has 1 aliphatic rings. The second-order valence-electron chi connectivity index (χ2n) is 4.92. The predicted molar refractivity (Wildman–Crippen MR) is 71.2 cm³/mol. The van der Waals surface area contributed by atoms with Gasteiger partial charge in [0.25, 0.3) is 5.91 Å². The van der Waals surface area contributed by atoms with Crippen LogP contribution in [0.2, 0.25) is 0 Å². The summed E-state index contributed by atoms with van der Waals surface area (Å²) in [6.07, 6.45) is -3.04. The number of hydrogen-bond donors (Lipinski definition) is 1. The summed E-state index contributed by atoms with van der Waals surface area (Å²) in [7, 11) is 0. The second-order valence-corrected chi connectivity index (χ2v) is 5.73. The molecule has 0 saturated heterocycles. The summed E-state index contributed by atoms with van der Waals surface area (Å²) in [4.78, 5) is 15.9. The molecule has 0 aromatic carbocycles. The molecule has 1 N–H and O–H groups in total. The maximum atomic E-state index is 12.7. The lowest BCUT2D eigenvalue weighted by molar-refractivity contribution is -0.183. The number of pyridine rings is 1. The fraction of sp³-hybridized carbons (Fsp3) is 0.538. The molecule has 3 nitrogen and oxygen atoms in total. The van der Waals surface area contributed by atoms with Gasteiger partial charge in [-0.3, -0.25) is 4.79 Å². The highest BCUT2D eigenvalue weighted by Gasteiger charge is 2.42. The Labute approximate surface area is 123 Å². The third-order valence-corrected chi connectivity index (χ3v) is 3.86. The van der Waals surface area contributed by atoms with Crippen LogP contribution in [-0.2, 0) is 0 Å². The molecule has 1 fully saturated rings. The molecule has 0 aliphatic heterocycles. The van der Waals surface area contributed by atoms with E-state index < -0.39 is 24.0 Å². The summed E-state index contributed by atoms with van der Waals surface area (Å²) < 4.78 is 38.6. The Hall–Kier alpha value is -1.11. The minimum absolute atomic E-state index is 0.0523. The molecule has 2 atom stereocenters. The molecular formula is C13H14BrF3N2O. The van der Waals surface area contributed by atoms with Gasteiger partial charge in [0.15, 0.2) is 0 Å². The van der Waals surface area contributed by atoms with E-state index in [1.165, 1.54) is 6.07 Å². The molecule has 0 spiro atoms. The van der Waals surface area contributed by atoms with Crippen LogP contribution in [0.5, 0.6) is 0 Å². The van der Waals surface area contributed by atoms with Crippen LogP contribution in [-0.4, -0.2) is 23.1 Å². The third kappa shape index (κ3) is 3.94. The van der Waals surface area contributed by atoms with Gasteiger partial charge in [-0.25, -0.2) is 4.98 Å². The molecule has 1 aromatic rings. The van der Waals surface area contributed by atoms with Crippen molar-refractivity contribution in [3.05, 3.63) is 28.5 Å². The first-order chi connectivity index (χ1) is 9.36. The SMILES string of the molecule is O=C(NC1CCCC(C(F)(F)F)C1)c1cccc(Br)n1. The van der Waals surface area contributed by atoms with Gasteiger partial charge in [-0.15, -0.1) is 0 Å². The number of aromatic nitrogens is 1. The van der Waals surface area contributed by atoms with E-state index in [0.29, 0.717) is 17.4 Å². The summed E-state index contributed by atoms with van der Waals surface area (Å²) in [5, 5.41) is 2.64. The van der Waals surface area contributed by atoms with Crippen molar-refractivity contribution < 1.29 is 18.0 Å². The molecule has 0 bridgehead atoms. The second kappa shape index (κ2) is 6.11. The number of hydrogen-bond acceptors (Lipinski definition) is 2. The van der Waals surface area contributed by atoms with Crippen molar-refractivity contribution in [3.8, 4) is 0 Å². The van der Waals surface area contributed by atoms with Crippen LogP contribution in [0.15, 0.2) is 22.8 Å². The Morgan fingerprint density at radius 2 is 2.10 bits per heavy atom.